The minimum absolute atomic E-state index is 0.527. The second kappa shape index (κ2) is 10.6. The molecule has 168 valence electrons. The summed E-state index contributed by atoms with van der Waals surface area (Å²) in [5.74, 6) is 3.28. The molecule has 0 saturated carbocycles. The van der Waals surface area contributed by atoms with Gasteiger partial charge in [0.25, 0.3) is 0 Å². The van der Waals surface area contributed by atoms with Crippen molar-refractivity contribution in [2.24, 2.45) is 5.73 Å². The fourth-order valence-corrected chi connectivity index (χ4v) is 4.66. The standard InChI is InChI=1S/C28H33NO3/c1-30-26-12-9-21-17-23(8-7-22(21)18-26)28-14-13-27(31-2)19-24(28)6-3-20-4-10-25(11-5-20)32-16-15-29/h4-5,9-14,18-19,23H,3,6-8,15-17,29H2,1-2H3. The van der Waals surface area contributed by atoms with Crippen LogP contribution in [-0.4, -0.2) is 27.4 Å². The Balaban J connectivity index is 1.50. The first-order chi connectivity index (χ1) is 15.7. The topological polar surface area (TPSA) is 53.7 Å². The first-order valence-electron chi connectivity index (χ1n) is 11.4. The average molecular weight is 432 g/mol. The average Bonchev–Trinajstić information content (AvgIpc) is 2.86. The molecular formula is C28H33NO3. The lowest BCUT2D eigenvalue weighted by Crippen LogP contribution is -2.15. The molecule has 4 nitrogen and oxygen atoms in total. The van der Waals surface area contributed by atoms with Crippen LogP contribution in [0.2, 0.25) is 0 Å². The van der Waals surface area contributed by atoms with Gasteiger partial charge in [0.05, 0.1) is 14.2 Å². The molecule has 0 heterocycles. The molecule has 0 aliphatic heterocycles. The van der Waals surface area contributed by atoms with Crippen molar-refractivity contribution in [2.45, 2.75) is 38.0 Å². The summed E-state index contributed by atoms with van der Waals surface area (Å²) in [6, 6.07) is 21.5. The quantitative estimate of drug-likeness (QED) is 0.512. The van der Waals surface area contributed by atoms with Gasteiger partial charge in [-0.3, -0.25) is 0 Å². The van der Waals surface area contributed by atoms with Crippen LogP contribution in [0.4, 0.5) is 0 Å². The molecule has 0 radical (unpaired) electrons. The molecule has 0 aromatic heterocycles. The van der Waals surface area contributed by atoms with Gasteiger partial charge in [-0.2, -0.15) is 0 Å². The summed E-state index contributed by atoms with van der Waals surface area (Å²) in [7, 11) is 3.47. The van der Waals surface area contributed by atoms with E-state index in [0.29, 0.717) is 19.1 Å². The van der Waals surface area contributed by atoms with E-state index in [0.717, 1.165) is 49.4 Å². The van der Waals surface area contributed by atoms with Crippen LogP contribution >= 0.6 is 0 Å². The number of hydrogen-bond donors (Lipinski definition) is 1. The zero-order valence-corrected chi connectivity index (χ0v) is 19.1. The third-order valence-corrected chi connectivity index (χ3v) is 6.42. The van der Waals surface area contributed by atoms with Crippen molar-refractivity contribution >= 4 is 0 Å². The van der Waals surface area contributed by atoms with E-state index >= 15 is 0 Å². The van der Waals surface area contributed by atoms with Crippen molar-refractivity contribution in [3.8, 4) is 17.2 Å². The van der Waals surface area contributed by atoms with Crippen LogP contribution in [0.15, 0.2) is 60.7 Å². The number of benzene rings is 3. The zero-order chi connectivity index (χ0) is 22.3. The zero-order valence-electron chi connectivity index (χ0n) is 19.1. The maximum atomic E-state index is 5.60. The molecule has 4 rings (SSSR count). The van der Waals surface area contributed by atoms with Crippen LogP contribution in [0, 0.1) is 0 Å². The van der Waals surface area contributed by atoms with Crippen molar-refractivity contribution in [3.05, 3.63) is 88.5 Å². The maximum Gasteiger partial charge on any atom is 0.119 e. The summed E-state index contributed by atoms with van der Waals surface area (Å²) in [5.41, 5.74) is 12.5. The maximum absolute atomic E-state index is 5.60. The largest absolute Gasteiger partial charge is 0.497 e. The van der Waals surface area contributed by atoms with Crippen LogP contribution < -0.4 is 19.9 Å². The van der Waals surface area contributed by atoms with Gasteiger partial charge in [-0.05, 0) is 102 Å². The number of nitrogens with two attached hydrogens (primary N) is 1. The van der Waals surface area contributed by atoms with Gasteiger partial charge in [-0.1, -0.05) is 24.3 Å². The van der Waals surface area contributed by atoms with Crippen LogP contribution in [-0.2, 0) is 25.7 Å². The molecule has 0 bridgehead atoms. The molecule has 32 heavy (non-hydrogen) atoms. The first-order valence-corrected chi connectivity index (χ1v) is 11.4. The van der Waals surface area contributed by atoms with Crippen LogP contribution in [0.3, 0.4) is 0 Å². The second-order valence-corrected chi connectivity index (χ2v) is 8.42. The smallest absolute Gasteiger partial charge is 0.119 e. The molecule has 1 aliphatic carbocycles. The van der Waals surface area contributed by atoms with E-state index in [-0.39, 0.29) is 0 Å². The predicted octanol–water partition coefficient (Wildman–Crippen LogP) is 5.10. The number of fused-ring (bicyclic) bond motifs is 1. The van der Waals surface area contributed by atoms with Crippen molar-refractivity contribution in [2.75, 3.05) is 27.4 Å². The van der Waals surface area contributed by atoms with Gasteiger partial charge in [0.1, 0.15) is 23.9 Å². The normalized spacial score (nSPS) is 15.2. The Morgan fingerprint density at radius 3 is 2.28 bits per heavy atom. The molecule has 3 aromatic rings. The van der Waals surface area contributed by atoms with Gasteiger partial charge in [0.15, 0.2) is 0 Å². The Kier molecular flexibility index (Phi) is 7.33. The highest BCUT2D eigenvalue weighted by molar-refractivity contribution is 5.43. The molecule has 0 amide bonds. The molecule has 1 aliphatic rings. The molecule has 2 N–H and O–H groups in total. The van der Waals surface area contributed by atoms with Gasteiger partial charge < -0.3 is 19.9 Å². The fourth-order valence-electron chi connectivity index (χ4n) is 4.66. The van der Waals surface area contributed by atoms with Crippen molar-refractivity contribution in [1.29, 1.82) is 0 Å². The monoisotopic (exact) mass is 431 g/mol. The molecule has 0 fully saturated rings. The number of rotatable bonds is 9. The van der Waals surface area contributed by atoms with Gasteiger partial charge in [0, 0.05) is 6.54 Å². The van der Waals surface area contributed by atoms with E-state index < -0.39 is 0 Å². The number of ether oxygens (including phenoxy) is 3. The minimum Gasteiger partial charge on any atom is -0.497 e. The Labute approximate surface area is 191 Å². The summed E-state index contributed by atoms with van der Waals surface area (Å²) in [4.78, 5) is 0. The van der Waals surface area contributed by atoms with Crippen LogP contribution in [0.5, 0.6) is 17.2 Å². The summed E-state index contributed by atoms with van der Waals surface area (Å²) >= 11 is 0. The van der Waals surface area contributed by atoms with Gasteiger partial charge >= 0.3 is 0 Å². The SMILES string of the molecule is COc1ccc2c(c1)CCC(c1ccc(OC)cc1CCc1ccc(OCCN)cc1)C2. The van der Waals surface area contributed by atoms with Crippen molar-refractivity contribution in [1.82, 2.24) is 0 Å². The molecule has 1 unspecified atom stereocenters. The van der Waals surface area contributed by atoms with Crippen molar-refractivity contribution in [3.63, 3.8) is 0 Å². The van der Waals surface area contributed by atoms with E-state index in [4.69, 9.17) is 19.9 Å². The molecule has 0 spiro atoms. The summed E-state index contributed by atoms with van der Waals surface area (Å²) < 4.78 is 16.5. The lowest BCUT2D eigenvalue weighted by atomic mass is 9.78. The lowest BCUT2D eigenvalue weighted by molar-refractivity contribution is 0.328. The van der Waals surface area contributed by atoms with Crippen LogP contribution in [0.1, 0.15) is 40.2 Å². The van der Waals surface area contributed by atoms with Gasteiger partial charge in [-0.25, -0.2) is 0 Å². The van der Waals surface area contributed by atoms with E-state index in [2.05, 4.69) is 48.5 Å². The number of methoxy groups -OCH3 is 2. The fraction of sp³-hybridized carbons (Fsp3) is 0.357. The van der Waals surface area contributed by atoms with E-state index in [1.807, 2.05) is 12.1 Å². The molecule has 0 saturated heterocycles. The Morgan fingerprint density at radius 1 is 0.812 bits per heavy atom. The third kappa shape index (κ3) is 5.25. The highest BCUT2D eigenvalue weighted by Crippen LogP contribution is 2.37. The van der Waals surface area contributed by atoms with Gasteiger partial charge in [0.2, 0.25) is 0 Å². The first kappa shape index (κ1) is 22.2. The molecule has 4 heteroatoms. The summed E-state index contributed by atoms with van der Waals surface area (Å²) in [5, 5.41) is 0. The highest BCUT2D eigenvalue weighted by Gasteiger charge is 2.23. The van der Waals surface area contributed by atoms with E-state index in [1.165, 1.54) is 27.8 Å². The van der Waals surface area contributed by atoms with E-state index in [9.17, 15) is 0 Å². The predicted molar refractivity (Wildman–Crippen MR) is 129 cm³/mol. The minimum atomic E-state index is 0.527. The molecular weight excluding hydrogens is 398 g/mol. The molecule has 3 aromatic carbocycles. The third-order valence-electron chi connectivity index (χ3n) is 6.42. The molecule has 1 atom stereocenters. The second-order valence-electron chi connectivity index (χ2n) is 8.42. The summed E-state index contributed by atoms with van der Waals surface area (Å²) in [6.07, 6.45) is 5.30. The highest BCUT2D eigenvalue weighted by atomic mass is 16.5. The Morgan fingerprint density at radius 2 is 1.53 bits per heavy atom. The summed E-state index contributed by atoms with van der Waals surface area (Å²) in [6.45, 7) is 1.07. The Bertz CT molecular complexity index is 1030. The van der Waals surface area contributed by atoms with Crippen LogP contribution in [0.25, 0.3) is 0 Å². The number of aryl methyl sites for hydroxylation is 3. The van der Waals surface area contributed by atoms with E-state index in [1.54, 1.807) is 14.2 Å². The van der Waals surface area contributed by atoms with Gasteiger partial charge in [-0.15, -0.1) is 0 Å². The Hall–Kier alpha value is -2.98. The lowest BCUT2D eigenvalue weighted by Gasteiger charge is -2.27. The van der Waals surface area contributed by atoms with Crippen molar-refractivity contribution < 1.29 is 14.2 Å². The number of hydrogen-bond acceptors (Lipinski definition) is 4.